The summed E-state index contributed by atoms with van der Waals surface area (Å²) >= 11 is 0. The van der Waals surface area contributed by atoms with Gasteiger partial charge in [-0.3, -0.25) is 4.79 Å². The number of carboxylic acids is 1. The molecule has 0 saturated carbocycles. The lowest BCUT2D eigenvalue weighted by Gasteiger charge is -2.04. The summed E-state index contributed by atoms with van der Waals surface area (Å²) in [5.74, 6) is -4.50. The van der Waals surface area contributed by atoms with Gasteiger partial charge in [0.25, 0.3) is 0 Å². The monoisotopic (exact) mass is 229 g/mol. The summed E-state index contributed by atoms with van der Waals surface area (Å²) in [6, 6.07) is 1.07. The second-order valence-corrected chi connectivity index (χ2v) is 3.08. The van der Waals surface area contributed by atoms with E-state index in [9.17, 15) is 18.4 Å². The van der Waals surface area contributed by atoms with Crippen molar-refractivity contribution < 1.29 is 23.5 Å². The summed E-state index contributed by atoms with van der Waals surface area (Å²) < 4.78 is 26.1. The van der Waals surface area contributed by atoms with Crippen molar-refractivity contribution in [1.29, 1.82) is 0 Å². The Morgan fingerprint density at radius 2 is 1.75 bits per heavy atom. The quantitative estimate of drug-likeness (QED) is 0.760. The van der Waals surface area contributed by atoms with Crippen LogP contribution in [-0.2, 0) is 0 Å². The van der Waals surface area contributed by atoms with E-state index in [0.29, 0.717) is 12.1 Å². The van der Waals surface area contributed by atoms with E-state index in [1.165, 1.54) is 0 Å². The van der Waals surface area contributed by atoms with Crippen LogP contribution in [0.4, 0.5) is 8.78 Å². The average molecular weight is 229 g/mol. The van der Waals surface area contributed by atoms with Gasteiger partial charge in [0.15, 0.2) is 5.78 Å². The summed E-state index contributed by atoms with van der Waals surface area (Å²) in [7, 11) is 0. The fraction of sp³-hybridized carbons (Fsp3) is 0.200. The number of rotatable bonds is 4. The molecule has 0 amide bonds. The lowest BCUT2D eigenvalue weighted by molar-refractivity contribution is 0.0692. The lowest BCUT2D eigenvalue weighted by Crippen LogP contribution is -2.12. The van der Waals surface area contributed by atoms with Crippen molar-refractivity contribution in [3.63, 3.8) is 0 Å². The maximum absolute atomic E-state index is 13.2. The summed E-state index contributed by atoms with van der Waals surface area (Å²) in [5, 5.41) is 8.59. The van der Waals surface area contributed by atoms with Gasteiger partial charge < -0.3 is 10.8 Å². The van der Waals surface area contributed by atoms with Crippen LogP contribution in [0.3, 0.4) is 0 Å². The van der Waals surface area contributed by atoms with Crippen LogP contribution in [-0.4, -0.2) is 23.4 Å². The van der Waals surface area contributed by atoms with E-state index in [4.69, 9.17) is 10.8 Å². The number of Topliss-reactive ketones (excluding diaryl/α,β-unsaturated/α-hetero) is 1. The zero-order chi connectivity index (χ0) is 12.3. The van der Waals surface area contributed by atoms with E-state index < -0.39 is 34.5 Å². The third-order valence-electron chi connectivity index (χ3n) is 1.96. The highest BCUT2D eigenvalue weighted by atomic mass is 19.1. The molecular weight excluding hydrogens is 220 g/mol. The van der Waals surface area contributed by atoms with Gasteiger partial charge in [-0.05, 0) is 12.6 Å². The summed E-state index contributed by atoms with van der Waals surface area (Å²) in [5.41, 5.74) is 3.92. The first-order chi connectivity index (χ1) is 7.47. The van der Waals surface area contributed by atoms with Crippen molar-refractivity contribution >= 4 is 11.8 Å². The van der Waals surface area contributed by atoms with Gasteiger partial charge in [-0.25, -0.2) is 13.6 Å². The van der Waals surface area contributed by atoms with Crippen molar-refractivity contribution in [2.24, 2.45) is 5.73 Å². The number of hydrogen-bond acceptors (Lipinski definition) is 3. The number of halogens is 2. The summed E-state index contributed by atoms with van der Waals surface area (Å²) in [6.07, 6.45) is -0.123. The molecule has 0 radical (unpaired) electrons. The van der Waals surface area contributed by atoms with E-state index >= 15 is 0 Å². The van der Waals surface area contributed by atoms with E-state index in [2.05, 4.69) is 0 Å². The molecule has 3 N–H and O–H groups in total. The Balaban J connectivity index is 3.24. The molecule has 0 unspecified atom stereocenters. The number of benzene rings is 1. The van der Waals surface area contributed by atoms with Crippen molar-refractivity contribution in [1.82, 2.24) is 0 Å². The van der Waals surface area contributed by atoms with Crippen LogP contribution in [0.2, 0.25) is 0 Å². The Hall–Kier alpha value is -1.82. The zero-order valence-electron chi connectivity index (χ0n) is 8.17. The summed E-state index contributed by atoms with van der Waals surface area (Å²) in [6.45, 7) is 0.0120. The molecule has 1 aromatic carbocycles. The number of carbonyl (C=O) groups excluding carboxylic acids is 1. The van der Waals surface area contributed by atoms with Crippen LogP contribution < -0.4 is 5.73 Å². The summed E-state index contributed by atoms with van der Waals surface area (Å²) in [4.78, 5) is 21.9. The Morgan fingerprint density at radius 1 is 1.19 bits per heavy atom. The maximum atomic E-state index is 13.2. The van der Waals surface area contributed by atoms with E-state index in [1.54, 1.807) is 0 Å². The van der Waals surface area contributed by atoms with Gasteiger partial charge in [-0.1, -0.05) is 0 Å². The molecule has 0 atom stereocenters. The minimum Gasteiger partial charge on any atom is -0.478 e. The second-order valence-electron chi connectivity index (χ2n) is 3.08. The van der Waals surface area contributed by atoms with Crippen LogP contribution in [0.1, 0.15) is 27.1 Å². The van der Waals surface area contributed by atoms with Gasteiger partial charge in [0.1, 0.15) is 11.6 Å². The second kappa shape index (κ2) is 4.80. The zero-order valence-corrected chi connectivity index (χ0v) is 8.17. The predicted molar refractivity (Wildman–Crippen MR) is 51.3 cm³/mol. The highest BCUT2D eigenvalue weighted by Crippen LogP contribution is 2.16. The van der Waals surface area contributed by atoms with Gasteiger partial charge >= 0.3 is 5.97 Å². The Kier molecular flexibility index (Phi) is 3.68. The van der Waals surface area contributed by atoms with Gasteiger partial charge in [0.2, 0.25) is 0 Å². The third-order valence-corrected chi connectivity index (χ3v) is 1.96. The van der Waals surface area contributed by atoms with Crippen molar-refractivity contribution in [2.75, 3.05) is 6.54 Å². The Labute approximate surface area is 89.7 Å². The van der Waals surface area contributed by atoms with Gasteiger partial charge in [0, 0.05) is 12.5 Å². The first-order valence-electron chi connectivity index (χ1n) is 4.43. The molecular formula is C10H9F2NO3. The first kappa shape index (κ1) is 12.3. The fourth-order valence-corrected chi connectivity index (χ4v) is 1.19. The molecule has 0 heterocycles. The molecule has 16 heavy (non-hydrogen) atoms. The number of ketones is 1. The minimum absolute atomic E-state index is 0.0120. The highest BCUT2D eigenvalue weighted by Gasteiger charge is 2.18. The SMILES string of the molecule is NCCC(=O)c1cc(C(=O)O)c(F)cc1F. The first-order valence-corrected chi connectivity index (χ1v) is 4.43. The van der Waals surface area contributed by atoms with Gasteiger partial charge in [-0.15, -0.1) is 0 Å². The van der Waals surface area contributed by atoms with Crippen LogP contribution in [0.5, 0.6) is 0 Å². The third kappa shape index (κ3) is 2.40. The van der Waals surface area contributed by atoms with E-state index in [-0.39, 0.29) is 13.0 Å². The molecule has 1 rings (SSSR count). The number of carbonyl (C=O) groups is 2. The molecule has 0 aliphatic carbocycles. The van der Waals surface area contributed by atoms with Crippen LogP contribution in [0.15, 0.2) is 12.1 Å². The predicted octanol–water partition coefficient (Wildman–Crippen LogP) is 1.19. The number of carboxylic acid groups (broad SMARTS) is 1. The van der Waals surface area contributed by atoms with Gasteiger partial charge in [-0.2, -0.15) is 0 Å². The number of hydrogen-bond donors (Lipinski definition) is 2. The largest absolute Gasteiger partial charge is 0.478 e. The lowest BCUT2D eigenvalue weighted by atomic mass is 10.0. The molecule has 6 heteroatoms. The molecule has 1 aromatic rings. The maximum Gasteiger partial charge on any atom is 0.338 e. The highest BCUT2D eigenvalue weighted by molar-refractivity contribution is 5.99. The van der Waals surface area contributed by atoms with Crippen LogP contribution in [0, 0.1) is 11.6 Å². The molecule has 0 saturated heterocycles. The number of aromatic carboxylic acids is 1. The van der Waals surface area contributed by atoms with E-state index in [0.717, 1.165) is 0 Å². The molecule has 0 fully saturated rings. The molecule has 86 valence electrons. The van der Waals surface area contributed by atoms with Gasteiger partial charge in [0.05, 0.1) is 11.1 Å². The molecule has 4 nitrogen and oxygen atoms in total. The van der Waals surface area contributed by atoms with Crippen LogP contribution in [0.25, 0.3) is 0 Å². The number of nitrogens with two attached hydrogens (primary N) is 1. The molecule has 0 aliphatic rings. The van der Waals surface area contributed by atoms with Crippen molar-refractivity contribution in [2.45, 2.75) is 6.42 Å². The minimum atomic E-state index is -1.56. The Morgan fingerprint density at radius 3 is 2.25 bits per heavy atom. The normalized spacial score (nSPS) is 10.2. The van der Waals surface area contributed by atoms with Crippen molar-refractivity contribution in [3.8, 4) is 0 Å². The van der Waals surface area contributed by atoms with E-state index in [1.807, 2.05) is 0 Å². The molecule has 0 bridgehead atoms. The standard InChI is InChI=1S/C10H9F2NO3/c11-7-4-8(12)6(10(15)16)3-5(7)9(14)1-2-13/h3-4H,1-2,13H2,(H,15,16). The Bertz CT molecular complexity index is 446. The van der Waals surface area contributed by atoms with Crippen molar-refractivity contribution in [3.05, 3.63) is 34.9 Å². The van der Waals surface area contributed by atoms with Crippen LogP contribution >= 0.6 is 0 Å². The molecule has 0 aliphatic heterocycles. The topological polar surface area (TPSA) is 80.4 Å². The smallest absolute Gasteiger partial charge is 0.338 e. The fourth-order valence-electron chi connectivity index (χ4n) is 1.19. The molecule has 0 spiro atoms. The average Bonchev–Trinajstić information content (AvgIpc) is 2.17. The molecule has 0 aromatic heterocycles.